The van der Waals surface area contributed by atoms with Crippen molar-refractivity contribution >= 4 is 11.9 Å². The molecule has 1 rings (SSSR count). The molecular formula is C11H7F3N2O4. The van der Waals surface area contributed by atoms with Gasteiger partial charge in [0.05, 0.1) is 23.9 Å². The molecule has 0 amide bonds. The van der Waals surface area contributed by atoms with Crippen molar-refractivity contribution in [3.05, 3.63) is 29.1 Å². The van der Waals surface area contributed by atoms with Gasteiger partial charge in [0.15, 0.2) is 5.92 Å². The number of ether oxygens (including phenoxy) is 1. The first-order valence-electron chi connectivity index (χ1n) is 5.00. The van der Waals surface area contributed by atoms with Gasteiger partial charge in [-0.05, 0) is 6.07 Å². The fraction of sp³-hybridized carbons (Fsp3) is 0.273. The number of halogens is 3. The van der Waals surface area contributed by atoms with Gasteiger partial charge in [0.1, 0.15) is 6.07 Å². The summed E-state index contributed by atoms with van der Waals surface area (Å²) in [5.41, 5.74) is -2.47. The summed E-state index contributed by atoms with van der Waals surface area (Å²) in [6.07, 6.45) is -4.38. The number of carbonyl (C=O) groups excluding carboxylic acids is 1. The summed E-state index contributed by atoms with van der Waals surface area (Å²) < 4.78 is 41.6. The van der Waals surface area contributed by atoms with Gasteiger partial charge in [-0.2, -0.15) is 18.4 Å². The minimum Gasteiger partial charge on any atom is -0.480 e. The van der Waals surface area contributed by atoms with Crippen LogP contribution in [0.25, 0.3) is 0 Å². The number of rotatable bonds is 3. The standard InChI is InChI=1S/C11H7F3N2O4/c1-20-10(19)7(9(17)18)8-5(3-15)2-6(4-16-8)11(12,13)14/h2,4,7H,1H3,(H,17,18). The highest BCUT2D eigenvalue weighted by atomic mass is 19.4. The van der Waals surface area contributed by atoms with E-state index in [9.17, 15) is 22.8 Å². The number of carbonyl (C=O) groups is 2. The van der Waals surface area contributed by atoms with Gasteiger partial charge in [0.25, 0.3) is 0 Å². The Morgan fingerprint density at radius 3 is 2.50 bits per heavy atom. The molecule has 1 heterocycles. The highest BCUT2D eigenvalue weighted by Gasteiger charge is 2.36. The largest absolute Gasteiger partial charge is 0.480 e. The average Bonchev–Trinajstić information content (AvgIpc) is 2.37. The molecular weight excluding hydrogens is 281 g/mol. The molecule has 0 aliphatic carbocycles. The van der Waals surface area contributed by atoms with E-state index in [4.69, 9.17) is 10.4 Å². The zero-order valence-electron chi connectivity index (χ0n) is 9.93. The molecule has 0 aliphatic heterocycles. The number of methoxy groups -OCH3 is 1. The number of aromatic nitrogens is 1. The molecule has 9 heteroatoms. The molecule has 1 aromatic heterocycles. The molecule has 0 saturated carbocycles. The van der Waals surface area contributed by atoms with Gasteiger partial charge in [-0.1, -0.05) is 0 Å². The molecule has 0 spiro atoms. The third-order valence-electron chi connectivity index (χ3n) is 2.32. The number of nitrogens with zero attached hydrogens (tertiary/aromatic N) is 2. The number of hydrogen-bond donors (Lipinski definition) is 1. The van der Waals surface area contributed by atoms with Gasteiger partial charge < -0.3 is 9.84 Å². The van der Waals surface area contributed by atoms with Crippen LogP contribution in [-0.4, -0.2) is 29.1 Å². The van der Waals surface area contributed by atoms with Crippen molar-refractivity contribution in [2.24, 2.45) is 0 Å². The minimum absolute atomic E-state index is 0.356. The Kier molecular flexibility index (Phi) is 4.29. The van der Waals surface area contributed by atoms with Gasteiger partial charge in [0.2, 0.25) is 0 Å². The maximum absolute atomic E-state index is 12.5. The van der Waals surface area contributed by atoms with Crippen LogP contribution in [0, 0.1) is 11.3 Å². The van der Waals surface area contributed by atoms with Crippen LogP contribution >= 0.6 is 0 Å². The molecule has 6 nitrogen and oxygen atoms in total. The van der Waals surface area contributed by atoms with Crippen molar-refractivity contribution in [2.75, 3.05) is 7.11 Å². The maximum Gasteiger partial charge on any atom is 0.417 e. The topological polar surface area (TPSA) is 100 Å². The van der Waals surface area contributed by atoms with Crippen LogP contribution < -0.4 is 0 Å². The molecule has 0 fully saturated rings. The van der Waals surface area contributed by atoms with E-state index in [-0.39, 0.29) is 0 Å². The summed E-state index contributed by atoms with van der Waals surface area (Å²) in [7, 11) is 0.911. The molecule has 0 bridgehead atoms. The third kappa shape index (κ3) is 3.03. The van der Waals surface area contributed by atoms with Gasteiger partial charge >= 0.3 is 18.1 Å². The van der Waals surface area contributed by atoms with Crippen LogP contribution in [0.3, 0.4) is 0 Å². The fourth-order valence-corrected chi connectivity index (χ4v) is 1.40. The lowest BCUT2D eigenvalue weighted by Crippen LogP contribution is -2.25. The number of hydrogen-bond acceptors (Lipinski definition) is 5. The molecule has 1 aromatic rings. The Morgan fingerprint density at radius 2 is 2.10 bits per heavy atom. The molecule has 20 heavy (non-hydrogen) atoms. The number of aliphatic carboxylic acids is 1. The van der Waals surface area contributed by atoms with Crippen LogP contribution in [0.1, 0.15) is 22.7 Å². The van der Waals surface area contributed by atoms with Crippen LogP contribution in [0.15, 0.2) is 12.3 Å². The molecule has 0 saturated heterocycles. The summed E-state index contributed by atoms with van der Waals surface area (Å²) in [5.74, 6) is -4.88. The lowest BCUT2D eigenvalue weighted by molar-refractivity contribution is -0.152. The molecule has 1 N–H and O–H groups in total. The predicted octanol–water partition coefficient (Wildman–Crippen LogP) is 1.31. The van der Waals surface area contributed by atoms with Crippen molar-refractivity contribution < 1.29 is 32.6 Å². The number of pyridine rings is 1. The van der Waals surface area contributed by atoms with Crippen molar-refractivity contribution in [1.82, 2.24) is 4.98 Å². The lowest BCUT2D eigenvalue weighted by Gasteiger charge is -2.13. The molecule has 1 atom stereocenters. The first-order chi connectivity index (χ1) is 9.22. The van der Waals surface area contributed by atoms with Crippen molar-refractivity contribution in [2.45, 2.75) is 12.1 Å². The number of carboxylic acid groups (broad SMARTS) is 1. The summed E-state index contributed by atoms with van der Waals surface area (Å²) in [4.78, 5) is 25.6. The van der Waals surface area contributed by atoms with E-state index in [1.807, 2.05) is 0 Å². The third-order valence-corrected chi connectivity index (χ3v) is 2.32. The Balaban J connectivity index is 3.42. The van der Waals surface area contributed by atoms with Crippen molar-refractivity contribution in [3.8, 4) is 6.07 Å². The van der Waals surface area contributed by atoms with Crippen molar-refractivity contribution in [3.63, 3.8) is 0 Å². The van der Waals surface area contributed by atoms with Crippen LogP contribution in [-0.2, 0) is 20.5 Å². The zero-order chi connectivity index (χ0) is 15.5. The summed E-state index contributed by atoms with van der Waals surface area (Å²) in [5, 5.41) is 17.7. The maximum atomic E-state index is 12.5. The van der Waals surface area contributed by atoms with E-state index < -0.39 is 40.9 Å². The Labute approximate surface area is 110 Å². The highest BCUT2D eigenvalue weighted by molar-refractivity contribution is 5.99. The summed E-state index contributed by atoms with van der Waals surface area (Å²) in [6.45, 7) is 0. The quantitative estimate of drug-likeness (QED) is 0.665. The smallest absolute Gasteiger partial charge is 0.417 e. The Morgan fingerprint density at radius 1 is 1.50 bits per heavy atom. The number of carboxylic acids is 1. The van der Waals surface area contributed by atoms with Crippen LogP contribution in [0.2, 0.25) is 0 Å². The molecule has 1 unspecified atom stereocenters. The van der Waals surface area contributed by atoms with Gasteiger partial charge in [-0.25, -0.2) is 0 Å². The minimum atomic E-state index is -4.74. The Hall–Kier alpha value is -2.63. The average molecular weight is 288 g/mol. The van der Waals surface area contributed by atoms with Gasteiger partial charge in [-0.15, -0.1) is 0 Å². The van der Waals surface area contributed by atoms with E-state index in [0.29, 0.717) is 12.3 Å². The first-order valence-corrected chi connectivity index (χ1v) is 5.00. The first kappa shape index (κ1) is 15.4. The highest BCUT2D eigenvalue weighted by Crippen LogP contribution is 2.31. The number of esters is 1. The molecule has 0 aromatic carbocycles. The normalized spacial score (nSPS) is 12.3. The number of alkyl halides is 3. The van der Waals surface area contributed by atoms with E-state index in [1.165, 1.54) is 6.07 Å². The second-order valence-corrected chi connectivity index (χ2v) is 3.56. The zero-order valence-corrected chi connectivity index (χ0v) is 9.93. The van der Waals surface area contributed by atoms with Gasteiger partial charge in [0, 0.05) is 6.20 Å². The van der Waals surface area contributed by atoms with E-state index in [1.54, 1.807) is 0 Å². The molecule has 106 valence electrons. The molecule has 0 radical (unpaired) electrons. The van der Waals surface area contributed by atoms with Crippen LogP contribution in [0.4, 0.5) is 13.2 Å². The van der Waals surface area contributed by atoms with E-state index >= 15 is 0 Å². The number of nitriles is 1. The van der Waals surface area contributed by atoms with Gasteiger partial charge in [-0.3, -0.25) is 14.6 Å². The van der Waals surface area contributed by atoms with E-state index in [0.717, 1.165) is 7.11 Å². The predicted molar refractivity (Wildman–Crippen MR) is 56.3 cm³/mol. The fourth-order valence-electron chi connectivity index (χ4n) is 1.40. The lowest BCUT2D eigenvalue weighted by atomic mass is 9.99. The van der Waals surface area contributed by atoms with E-state index in [2.05, 4.69) is 9.72 Å². The Bertz CT molecular complexity index is 592. The second kappa shape index (κ2) is 5.56. The molecule has 0 aliphatic rings. The summed E-state index contributed by atoms with van der Waals surface area (Å²) in [6, 6.07) is 1.82. The second-order valence-electron chi connectivity index (χ2n) is 3.56. The summed E-state index contributed by atoms with van der Waals surface area (Å²) >= 11 is 0. The van der Waals surface area contributed by atoms with Crippen molar-refractivity contribution in [1.29, 1.82) is 5.26 Å². The van der Waals surface area contributed by atoms with Crippen LogP contribution in [0.5, 0.6) is 0 Å². The SMILES string of the molecule is COC(=O)C(C(=O)O)c1ncc(C(F)(F)F)cc1C#N. The monoisotopic (exact) mass is 288 g/mol.